The normalized spacial score (nSPS) is 19.4. The summed E-state index contributed by atoms with van der Waals surface area (Å²) in [5, 5.41) is 2.11. The minimum atomic E-state index is -0.372. The Balaban J connectivity index is 2.13. The number of rotatable bonds is 5. The van der Waals surface area contributed by atoms with E-state index in [4.69, 9.17) is 4.74 Å². The van der Waals surface area contributed by atoms with Crippen molar-refractivity contribution >= 4 is 34.5 Å². The molecule has 2 rings (SSSR count). The summed E-state index contributed by atoms with van der Waals surface area (Å²) in [7, 11) is 1.32. The molecule has 21 heavy (non-hydrogen) atoms. The number of hydrogen-bond donors (Lipinski definition) is 1. The zero-order valence-electron chi connectivity index (χ0n) is 11.8. The fourth-order valence-corrected chi connectivity index (χ4v) is 2.66. The zero-order valence-corrected chi connectivity index (χ0v) is 12.6. The number of carbonyl (C=O) groups excluding carboxylic acids is 2. The van der Waals surface area contributed by atoms with Crippen molar-refractivity contribution in [3.05, 3.63) is 24.3 Å². The van der Waals surface area contributed by atoms with Crippen molar-refractivity contribution in [1.82, 2.24) is 5.32 Å². The van der Waals surface area contributed by atoms with Gasteiger partial charge in [0.25, 0.3) is 5.24 Å². The molecule has 1 heterocycles. The van der Waals surface area contributed by atoms with Crippen LogP contribution in [0.3, 0.4) is 0 Å². The largest absolute Gasteiger partial charge is 0.494 e. The van der Waals surface area contributed by atoms with E-state index in [1.807, 2.05) is 19.1 Å². The Morgan fingerprint density at radius 3 is 2.71 bits per heavy atom. The van der Waals surface area contributed by atoms with Crippen molar-refractivity contribution in [2.75, 3.05) is 13.7 Å². The molecule has 1 fully saturated rings. The number of benzene rings is 1. The van der Waals surface area contributed by atoms with Crippen LogP contribution < -0.4 is 10.1 Å². The lowest BCUT2D eigenvalue weighted by Gasteiger charge is -2.07. The van der Waals surface area contributed by atoms with Crippen LogP contribution in [0.1, 0.15) is 13.3 Å². The van der Waals surface area contributed by atoms with E-state index in [9.17, 15) is 9.59 Å². The Kier molecular flexibility index (Phi) is 5.21. The summed E-state index contributed by atoms with van der Waals surface area (Å²) in [6, 6.07) is 7.20. The van der Waals surface area contributed by atoms with E-state index in [0.29, 0.717) is 18.1 Å². The molecule has 1 aromatic rings. The minimum Gasteiger partial charge on any atom is -0.494 e. The molecule has 0 saturated carbocycles. The van der Waals surface area contributed by atoms with Gasteiger partial charge in [0.2, 0.25) is 0 Å². The van der Waals surface area contributed by atoms with Crippen LogP contribution in [0.4, 0.5) is 10.5 Å². The number of esters is 1. The van der Waals surface area contributed by atoms with E-state index < -0.39 is 0 Å². The van der Waals surface area contributed by atoms with Crippen LogP contribution in [0, 0.1) is 0 Å². The number of nitrogens with zero attached hydrogens (tertiary/aromatic N) is 1. The molecular formula is C14H16N2O4S. The van der Waals surface area contributed by atoms with Gasteiger partial charge in [-0.2, -0.15) is 0 Å². The third-order valence-electron chi connectivity index (χ3n) is 2.76. The maximum atomic E-state index is 11.5. The fourth-order valence-electron chi connectivity index (χ4n) is 1.80. The van der Waals surface area contributed by atoms with Gasteiger partial charge in [0, 0.05) is 0 Å². The number of hydrogen-bond acceptors (Lipinski definition) is 6. The van der Waals surface area contributed by atoms with Gasteiger partial charge in [0.15, 0.2) is 0 Å². The highest BCUT2D eigenvalue weighted by Crippen LogP contribution is 2.26. The maximum Gasteiger partial charge on any atom is 0.307 e. The van der Waals surface area contributed by atoms with Crippen molar-refractivity contribution in [1.29, 1.82) is 0 Å². The number of nitrogens with one attached hydrogen (secondary N) is 1. The quantitative estimate of drug-likeness (QED) is 0.846. The van der Waals surface area contributed by atoms with E-state index >= 15 is 0 Å². The highest BCUT2D eigenvalue weighted by molar-refractivity contribution is 8.15. The Labute approximate surface area is 126 Å². The molecule has 0 unspecified atom stereocenters. The smallest absolute Gasteiger partial charge is 0.307 e. The SMILES string of the molecule is CCOc1ccc(N=C2NC(=O)S[C@@H]2CC(=O)OC)cc1. The number of amidine groups is 1. The van der Waals surface area contributed by atoms with E-state index in [1.54, 1.807) is 12.1 Å². The summed E-state index contributed by atoms with van der Waals surface area (Å²) >= 11 is 1.04. The Hall–Kier alpha value is -2.02. The second kappa shape index (κ2) is 7.12. The van der Waals surface area contributed by atoms with Gasteiger partial charge in [-0.15, -0.1) is 0 Å². The highest BCUT2D eigenvalue weighted by Gasteiger charge is 2.31. The van der Waals surface area contributed by atoms with E-state index in [-0.39, 0.29) is 22.9 Å². The minimum absolute atomic E-state index is 0.107. The Morgan fingerprint density at radius 2 is 2.10 bits per heavy atom. The summed E-state index contributed by atoms with van der Waals surface area (Å²) in [5.74, 6) is 0.861. The molecular weight excluding hydrogens is 292 g/mol. The van der Waals surface area contributed by atoms with Crippen LogP contribution in [-0.2, 0) is 9.53 Å². The standard InChI is InChI=1S/C14H16N2O4S/c1-3-20-10-6-4-9(5-7-10)15-13-11(8-12(17)19-2)21-14(18)16-13/h4-7,11H,3,8H2,1-2H3,(H,15,16,18)/t11-/m1/s1. The number of aliphatic imine (C=N–C) groups is 1. The third-order valence-corrected chi connectivity index (χ3v) is 3.75. The first-order valence-corrected chi connectivity index (χ1v) is 7.36. The van der Waals surface area contributed by atoms with Crippen LogP contribution in [0.25, 0.3) is 0 Å². The van der Waals surface area contributed by atoms with E-state index in [1.165, 1.54) is 7.11 Å². The van der Waals surface area contributed by atoms with Gasteiger partial charge < -0.3 is 14.8 Å². The lowest BCUT2D eigenvalue weighted by atomic mass is 10.2. The van der Waals surface area contributed by atoms with Crippen molar-refractivity contribution in [3.63, 3.8) is 0 Å². The molecule has 6 nitrogen and oxygen atoms in total. The first-order chi connectivity index (χ1) is 10.1. The van der Waals surface area contributed by atoms with Crippen molar-refractivity contribution in [2.24, 2.45) is 4.99 Å². The molecule has 1 saturated heterocycles. The number of thioether (sulfide) groups is 1. The van der Waals surface area contributed by atoms with E-state index in [0.717, 1.165) is 17.5 Å². The van der Waals surface area contributed by atoms with Crippen LogP contribution in [-0.4, -0.2) is 36.0 Å². The van der Waals surface area contributed by atoms with Crippen molar-refractivity contribution in [3.8, 4) is 5.75 Å². The van der Waals surface area contributed by atoms with Gasteiger partial charge in [-0.05, 0) is 31.2 Å². The summed E-state index contributed by atoms with van der Waals surface area (Å²) < 4.78 is 9.98. The first kappa shape index (κ1) is 15.4. The summed E-state index contributed by atoms with van der Waals surface area (Å²) in [6.07, 6.45) is 0.107. The Bertz CT molecular complexity index is 557. The maximum absolute atomic E-state index is 11.5. The number of amides is 1. The summed E-state index contributed by atoms with van der Waals surface area (Å²) in [5.41, 5.74) is 0.686. The second-order valence-electron chi connectivity index (χ2n) is 4.22. The topological polar surface area (TPSA) is 77.0 Å². The zero-order chi connectivity index (χ0) is 15.2. The fraction of sp³-hybridized carbons (Fsp3) is 0.357. The monoisotopic (exact) mass is 308 g/mol. The number of ether oxygens (including phenoxy) is 2. The van der Waals surface area contributed by atoms with Gasteiger partial charge >= 0.3 is 5.97 Å². The van der Waals surface area contributed by atoms with Crippen LogP contribution in [0.5, 0.6) is 5.75 Å². The molecule has 1 amide bonds. The van der Waals surface area contributed by atoms with Gasteiger partial charge in [0.1, 0.15) is 11.6 Å². The molecule has 1 aromatic carbocycles. The van der Waals surface area contributed by atoms with Crippen LogP contribution in [0.15, 0.2) is 29.3 Å². The van der Waals surface area contributed by atoms with Crippen molar-refractivity contribution < 1.29 is 19.1 Å². The molecule has 1 atom stereocenters. The highest BCUT2D eigenvalue weighted by atomic mass is 32.2. The molecule has 0 aromatic heterocycles. The van der Waals surface area contributed by atoms with Crippen LogP contribution in [0.2, 0.25) is 0 Å². The molecule has 1 aliphatic rings. The second-order valence-corrected chi connectivity index (χ2v) is 5.40. The first-order valence-electron chi connectivity index (χ1n) is 6.48. The predicted octanol–water partition coefficient (Wildman–Crippen LogP) is 2.50. The third kappa shape index (κ3) is 4.22. The number of methoxy groups -OCH3 is 1. The number of carbonyl (C=O) groups is 2. The molecule has 1 aliphatic heterocycles. The Morgan fingerprint density at radius 1 is 1.38 bits per heavy atom. The van der Waals surface area contributed by atoms with E-state index in [2.05, 4.69) is 15.0 Å². The molecule has 0 radical (unpaired) electrons. The van der Waals surface area contributed by atoms with Gasteiger partial charge in [-0.3, -0.25) is 9.59 Å². The lowest BCUT2D eigenvalue weighted by molar-refractivity contribution is -0.140. The van der Waals surface area contributed by atoms with Crippen LogP contribution >= 0.6 is 11.8 Å². The molecule has 0 aliphatic carbocycles. The summed E-state index contributed by atoms with van der Waals surface area (Å²) in [4.78, 5) is 27.2. The molecule has 1 N–H and O–H groups in total. The molecule has 0 bridgehead atoms. The summed E-state index contributed by atoms with van der Waals surface area (Å²) in [6.45, 7) is 2.51. The molecule has 7 heteroatoms. The molecule has 112 valence electrons. The molecule has 0 spiro atoms. The van der Waals surface area contributed by atoms with Crippen molar-refractivity contribution in [2.45, 2.75) is 18.6 Å². The average Bonchev–Trinajstić information content (AvgIpc) is 2.81. The van der Waals surface area contributed by atoms with Gasteiger partial charge in [-0.1, -0.05) is 11.8 Å². The van der Waals surface area contributed by atoms with Gasteiger partial charge in [0.05, 0.1) is 31.1 Å². The van der Waals surface area contributed by atoms with Gasteiger partial charge in [-0.25, -0.2) is 4.99 Å². The lowest BCUT2D eigenvalue weighted by Crippen LogP contribution is -2.26. The predicted molar refractivity (Wildman–Crippen MR) is 81.2 cm³/mol. The average molecular weight is 308 g/mol.